The lowest BCUT2D eigenvalue weighted by Crippen LogP contribution is -2.48. The number of nitrogens with zero attached hydrogens (tertiary/aromatic N) is 1. The monoisotopic (exact) mass is 492 g/mol. The molecule has 36 heavy (non-hydrogen) atoms. The second-order valence-corrected chi connectivity index (χ2v) is 9.34. The molecule has 1 heterocycles. The number of rotatable bonds is 8. The van der Waals surface area contributed by atoms with Crippen LogP contribution < -0.4 is 16.0 Å². The summed E-state index contributed by atoms with van der Waals surface area (Å²) in [6.07, 6.45) is 1.43. The molecule has 3 N–H and O–H groups in total. The second kappa shape index (κ2) is 11.7. The van der Waals surface area contributed by atoms with Gasteiger partial charge >= 0.3 is 18.0 Å². The molecular weight excluding hydrogens is 456 g/mol. The fraction of sp³-hybridized carbons (Fsp3) is 0.393. The summed E-state index contributed by atoms with van der Waals surface area (Å²) in [4.78, 5) is 40.3. The van der Waals surface area contributed by atoms with Crippen LogP contribution in [0.15, 0.2) is 53.7 Å². The zero-order valence-electron chi connectivity index (χ0n) is 21.9. The summed E-state index contributed by atoms with van der Waals surface area (Å²) in [6, 6.07) is 11.4. The molecule has 0 radical (unpaired) electrons. The SMILES string of the molecule is CCCCN1C(=O)NC(c2cccc(NC(=O)Nc3ccc(C)c(C)c3)c2)C(C(=O)OC(C)C)=C1C. The molecule has 0 aliphatic carbocycles. The summed E-state index contributed by atoms with van der Waals surface area (Å²) in [7, 11) is 0. The van der Waals surface area contributed by atoms with E-state index in [1.54, 1.807) is 43.9 Å². The highest BCUT2D eigenvalue weighted by atomic mass is 16.5. The van der Waals surface area contributed by atoms with Crippen LogP contribution in [0.4, 0.5) is 21.0 Å². The predicted molar refractivity (Wildman–Crippen MR) is 142 cm³/mol. The van der Waals surface area contributed by atoms with Gasteiger partial charge in [0, 0.05) is 23.6 Å². The third-order valence-corrected chi connectivity index (χ3v) is 6.14. The minimum atomic E-state index is -0.703. The van der Waals surface area contributed by atoms with Gasteiger partial charge in [0.25, 0.3) is 0 Å². The highest BCUT2D eigenvalue weighted by Crippen LogP contribution is 2.33. The van der Waals surface area contributed by atoms with E-state index >= 15 is 0 Å². The van der Waals surface area contributed by atoms with E-state index in [1.807, 2.05) is 45.0 Å². The Morgan fingerprint density at radius 1 is 1.03 bits per heavy atom. The van der Waals surface area contributed by atoms with Crippen molar-refractivity contribution in [2.75, 3.05) is 17.2 Å². The molecule has 192 valence electrons. The van der Waals surface area contributed by atoms with E-state index in [4.69, 9.17) is 4.74 Å². The molecule has 2 aromatic carbocycles. The number of anilines is 2. The van der Waals surface area contributed by atoms with Gasteiger partial charge in [-0.1, -0.05) is 31.5 Å². The van der Waals surface area contributed by atoms with Crippen LogP contribution in [0.2, 0.25) is 0 Å². The third kappa shape index (κ3) is 6.44. The molecule has 0 spiro atoms. The van der Waals surface area contributed by atoms with Crippen LogP contribution in [0.1, 0.15) is 63.3 Å². The minimum Gasteiger partial charge on any atom is -0.459 e. The Morgan fingerprint density at radius 2 is 1.72 bits per heavy atom. The van der Waals surface area contributed by atoms with Crippen LogP contribution >= 0.6 is 0 Å². The van der Waals surface area contributed by atoms with Gasteiger partial charge in [-0.3, -0.25) is 4.90 Å². The second-order valence-electron chi connectivity index (χ2n) is 9.34. The van der Waals surface area contributed by atoms with Crippen LogP contribution in [0.3, 0.4) is 0 Å². The number of nitrogens with one attached hydrogen (secondary N) is 3. The van der Waals surface area contributed by atoms with Gasteiger partial charge in [0.05, 0.1) is 17.7 Å². The van der Waals surface area contributed by atoms with E-state index in [9.17, 15) is 14.4 Å². The van der Waals surface area contributed by atoms with Crippen molar-refractivity contribution in [3.05, 3.63) is 70.4 Å². The fourth-order valence-electron chi connectivity index (χ4n) is 4.07. The lowest BCUT2D eigenvalue weighted by atomic mass is 9.94. The maximum atomic E-state index is 13.1. The standard InChI is InChI=1S/C28H36N4O4/c1-7-8-14-32-20(6)24(26(33)36-17(2)3)25(31-28(32)35)21-10-9-11-22(16-21)29-27(34)30-23-13-12-18(4)19(5)15-23/h9-13,15-17,25H,7-8,14H2,1-6H3,(H,31,35)(H2,29,30,34). The highest BCUT2D eigenvalue weighted by Gasteiger charge is 2.36. The zero-order valence-corrected chi connectivity index (χ0v) is 21.9. The van der Waals surface area contributed by atoms with Gasteiger partial charge in [-0.15, -0.1) is 0 Å². The Bertz CT molecular complexity index is 1170. The molecule has 2 aromatic rings. The van der Waals surface area contributed by atoms with Gasteiger partial charge in [0.15, 0.2) is 0 Å². The van der Waals surface area contributed by atoms with Crippen molar-refractivity contribution in [2.24, 2.45) is 0 Å². The summed E-state index contributed by atoms with van der Waals surface area (Å²) in [5.41, 5.74) is 5.08. The first-order valence-electron chi connectivity index (χ1n) is 12.4. The van der Waals surface area contributed by atoms with Gasteiger partial charge in [0.2, 0.25) is 0 Å². The smallest absolute Gasteiger partial charge is 0.338 e. The summed E-state index contributed by atoms with van der Waals surface area (Å²) < 4.78 is 5.52. The molecule has 8 nitrogen and oxygen atoms in total. The van der Waals surface area contributed by atoms with E-state index in [0.717, 1.165) is 24.0 Å². The molecule has 1 aliphatic heterocycles. The quantitative estimate of drug-likeness (QED) is 0.391. The van der Waals surface area contributed by atoms with E-state index in [0.29, 0.717) is 34.8 Å². The topological polar surface area (TPSA) is 99.8 Å². The Morgan fingerprint density at radius 3 is 2.36 bits per heavy atom. The molecule has 0 saturated heterocycles. The van der Waals surface area contributed by atoms with Crippen LogP contribution in [0.5, 0.6) is 0 Å². The van der Waals surface area contributed by atoms with Crippen molar-refractivity contribution in [2.45, 2.75) is 66.5 Å². The minimum absolute atomic E-state index is 0.266. The number of benzene rings is 2. The number of amides is 4. The van der Waals surface area contributed by atoms with Crippen LogP contribution in [0.25, 0.3) is 0 Å². The van der Waals surface area contributed by atoms with Crippen LogP contribution in [-0.2, 0) is 9.53 Å². The largest absolute Gasteiger partial charge is 0.459 e. The van der Waals surface area contributed by atoms with Crippen molar-refractivity contribution < 1.29 is 19.1 Å². The number of carbonyl (C=O) groups excluding carboxylic acids is 3. The number of aryl methyl sites for hydroxylation is 2. The molecule has 0 bridgehead atoms. The number of esters is 1. The predicted octanol–water partition coefficient (Wildman–Crippen LogP) is 6.04. The molecule has 1 unspecified atom stereocenters. The van der Waals surface area contributed by atoms with Gasteiger partial charge in [0.1, 0.15) is 0 Å². The van der Waals surface area contributed by atoms with Crippen molar-refractivity contribution >= 4 is 29.4 Å². The Labute approximate surface area is 213 Å². The molecule has 0 aromatic heterocycles. The zero-order chi connectivity index (χ0) is 26.4. The third-order valence-electron chi connectivity index (χ3n) is 6.14. The first-order chi connectivity index (χ1) is 17.1. The number of hydrogen-bond donors (Lipinski definition) is 3. The number of hydrogen-bond acceptors (Lipinski definition) is 4. The van der Waals surface area contributed by atoms with Crippen molar-refractivity contribution in [3.63, 3.8) is 0 Å². The maximum Gasteiger partial charge on any atom is 0.338 e. The number of carbonyl (C=O) groups is 3. The van der Waals surface area contributed by atoms with Crippen LogP contribution in [-0.4, -0.2) is 35.6 Å². The highest BCUT2D eigenvalue weighted by molar-refractivity contribution is 6.00. The Kier molecular flexibility index (Phi) is 8.74. The van der Waals surface area contributed by atoms with Crippen LogP contribution in [0, 0.1) is 13.8 Å². The molecule has 1 atom stereocenters. The summed E-state index contributed by atoms with van der Waals surface area (Å²) in [6.45, 7) is 11.9. The average molecular weight is 493 g/mol. The average Bonchev–Trinajstić information content (AvgIpc) is 2.80. The first-order valence-corrected chi connectivity index (χ1v) is 12.4. The lowest BCUT2D eigenvalue weighted by Gasteiger charge is -2.35. The summed E-state index contributed by atoms with van der Waals surface area (Å²) >= 11 is 0. The van der Waals surface area contributed by atoms with Crippen molar-refractivity contribution in [1.82, 2.24) is 10.2 Å². The summed E-state index contributed by atoms with van der Waals surface area (Å²) in [5.74, 6) is -0.472. The maximum absolute atomic E-state index is 13.1. The number of urea groups is 2. The molecule has 8 heteroatoms. The summed E-state index contributed by atoms with van der Waals surface area (Å²) in [5, 5.41) is 8.63. The van der Waals surface area contributed by atoms with Crippen molar-refractivity contribution in [1.29, 1.82) is 0 Å². The molecule has 0 fully saturated rings. The van der Waals surface area contributed by atoms with Gasteiger partial charge in [-0.05, 0) is 82.0 Å². The van der Waals surface area contributed by atoms with E-state index < -0.39 is 12.0 Å². The van der Waals surface area contributed by atoms with E-state index in [1.165, 1.54) is 0 Å². The van der Waals surface area contributed by atoms with Gasteiger partial charge < -0.3 is 20.7 Å². The number of ether oxygens (including phenoxy) is 1. The van der Waals surface area contributed by atoms with Crippen molar-refractivity contribution in [3.8, 4) is 0 Å². The number of unbranched alkanes of at least 4 members (excludes halogenated alkanes) is 1. The Balaban J connectivity index is 1.87. The molecule has 3 rings (SSSR count). The number of allylic oxidation sites excluding steroid dienone is 1. The van der Waals surface area contributed by atoms with E-state index in [2.05, 4.69) is 16.0 Å². The fourth-order valence-corrected chi connectivity index (χ4v) is 4.07. The van der Waals surface area contributed by atoms with E-state index in [-0.39, 0.29) is 18.2 Å². The van der Waals surface area contributed by atoms with Gasteiger partial charge in [-0.25, -0.2) is 14.4 Å². The molecule has 1 aliphatic rings. The lowest BCUT2D eigenvalue weighted by molar-refractivity contribution is -0.143. The van der Waals surface area contributed by atoms with Gasteiger partial charge in [-0.2, -0.15) is 0 Å². The molecule has 4 amide bonds. The normalized spacial score (nSPS) is 15.6. The molecule has 0 saturated carbocycles. The first kappa shape index (κ1) is 26.8. The molecular formula is C28H36N4O4. The Hall–Kier alpha value is -3.81.